The first-order chi connectivity index (χ1) is 12.7. The van der Waals surface area contributed by atoms with Crippen LogP contribution >= 0.6 is 0 Å². The second kappa shape index (κ2) is 7.68. The van der Waals surface area contributed by atoms with E-state index in [0.717, 1.165) is 68.7 Å². The zero-order valence-corrected chi connectivity index (χ0v) is 15.6. The average Bonchev–Trinajstić information content (AvgIpc) is 2.84. The first kappa shape index (κ1) is 17.4. The smallest absolute Gasteiger partial charge is 0.151 e. The van der Waals surface area contributed by atoms with Gasteiger partial charge in [0.25, 0.3) is 0 Å². The molecule has 0 amide bonds. The van der Waals surface area contributed by atoms with Crippen LogP contribution in [0.4, 0.5) is 5.82 Å². The van der Waals surface area contributed by atoms with Gasteiger partial charge >= 0.3 is 0 Å². The van der Waals surface area contributed by atoms with Crippen LogP contribution in [0.2, 0.25) is 0 Å². The maximum atomic E-state index is 6.22. The van der Waals surface area contributed by atoms with E-state index in [1.54, 1.807) is 0 Å². The largest absolute Gasteiger partial charge is 0.375 e. The number of rotatable bonds is 3. The molecule has 0 N–H and O–H groups in total. The summed E-state index contributed by atoms with van der Waals surface area (Å²) in [5.41, 5.74) is 3.18. The summed E-state index contributed by atoms with van der Waals surface area (Å²) in [7, 11) is 0. The van der Waals surface area contributed by atoms with Crippen molar-refractivity contribution in [1.29, 1.82) is 0 Å². The van der Waals surface area contributed by atoms with E-state index in [1.807, 2.05) is 26.0 Å². The summed E-state index contributed by atoms with van der Waals surface area (Å²) in [6.07, 6.45) is 1.43. The van der Waals surface area contributed by atoms with Crippen molar-refractivity contribution in [2.24, 2.45) is 5.92 Å². The lowest BCUT2D eigenvalue weighted by molar-refractivity contribution is -0.0242. The summed E-state index contributed by atoms with van der Waals surface area (Å²) in [6.45, 7) is 9.61. The van der Waals surface area contributed by atoms with E-state index in [0.29, 0.717) is 5.92 Å². The normalized spacial score (nSPS) is 24.2. The molecule has 2 aromatic rings. The van der Waals surface area contributed by atoms with Crippen LogP contribution in [0.3, 0.4) is 0 Å². The summed E-state index contributed by atoms with van der Waals surface area (Å²) in [5, 5.41) is 8.57. The number of hydrogen-bond acceptors (Lipinski definition) is 6. The van der Waals surface area contributed by atoms with Gasteiger partial charge in [0.15, 0.2) is 5.82 Å². The molecule has 2 aliphatic heterocycles. The quantitative estimate of drug-likeness (QED) is 0.843. The van der Waals surface area contributed by atoms with Crippen molar-refractivity contribution >= 4 is 5.82 Å². The van der Waals surface area contributed by atoms with Crippen molar-refractivity contribution < 1.29 is 4.74 Å². The molecule has 0 aromatic carbocycles. The molecule has 4 heterocycles. The van der Waals surface area contributed by atoms with Crippen LogP contribution in [-0.4, -0.2) is 59.0 Å². The fourth-order valence-corrected chi connectivity index (χ4v) is 3.94. The molecule has 2 atom stereocenters. The highest BCUT2D eigenvalue weighted by Gasteiger charge is 2.33. The average molecular weight is 353 g/mol. The van der Waals surface area contributed by atoms with Gasteiger partial charge in [-0.2, -0.15) is 5.10 Å². The molecule has 2 aromatic heterocycles. The zero-order chi connectivity index (χ0) is 17.9. The van der Waals surface area contributed by atoms with Crippen LogP contribution in [0.25, 0.3) is 0 Å². The molecule has 6 nitrogen and oxygen atoms in total. The van der Waals surface area contributed by atoms with Crippen molar-refractivity contribution in [2.45, 2.75) is 32.9 Å². The molecule has 2 saturated heterocycles. The highest BCUT2D eigenvalue weighted by atomic mass is 16.5. The number of aryl methyl sites for hydroxylation is 2. The van der Waals surface area contributed by atoms with Gasteiger partial charge in [0.1, 0.15) is 0 Å². The first-order valence-electron chi connectivity index (χ1n) is 9.49. The maximum absolute atomic E-state index is 6.22. The molecule has 0 unspecified atom stereocenters. The Morgan fingerprint density at radius 3 is 2.77 bits per heavy atom. The number of hydrogen-bond donors (Lipinski definition) is 0. The van der Waals surface area contributed by atoms with Crippen LogP contribution in [0.15, 0.2) is 30.3 Å². The van der Waals surface area contributed by atoms with Crippen LogP contribution in [0, 0.1) is 19.8 Å². The molecule has 0 radical (unpaired) electrons. The van der Waals surface area contributed by atoms with Gasteiger partial charge in [0.05, 0.1) is 24.1 Å². The topological polar surface area (TPSA) is 54.4 Å². The molecule has 2 fully saturated rings. The Kier molecular flexibility index (Phi) is 5.13. The number of nitrogens with zero attached hydrogens (tertiary/aromatic N) is 5. The SMILES string of the molecule is Cc1ccc(N2CCO[C@H]3CN(Cc4cccc(C)n4)CC[C@H]3C2)nn1. The Morgan fingerprint density at radius 2 is 1.96 bits per heavy atom. The highest BCUT2D eigenvalue weighted by molar-refractivity contribution is 5.37. The minimum Gasteiger partial charge on any atom is -0.375 e. The Labute approximate surface area is 155 Å². The molecule has 138 valence electrons. The van der Waals surface area contributed by atoms with Gasteiger partial charge in [-0.05, 0) is 51.1 Å². The van der Waals surface area contributed by atoms with Gasteiger partial charge in [-0.1, -0.05) is 6.07 Å². The van der Waals surface area contributed by atoms with E-state index in [4.69, 9.17) is 4.74 Å². The van der Waals surface area contributed by atoms with Gasteiger partial charge in [0, 0.05) is 37.8 Å². The predicted molar refractivity (Wildman–Crippen MR) is 101 cm³/mol. The Balaban J connectivity index is 1.39. The van der Waals surface area contributed by atoms with Gasteiger partial charge in [-0.25, -0.2) is 0 Å². The van der Waals surface area contributed by atoms with Gasteiger partial charge < -0.3 is 9.64 Å². The highest BCUT2D eigenvalue weighted by Crippen LogP contribution is 2.26. The Hall–Kier alpha value is -2.05. The lowest BCUT2D eigenvalue weighted by atomic mass is 9.93. The summed E-state index contributed by atoms with van der Waals surface area (Å²) in [4.78, 5) is 9.45. The zero-order valence-electron chi connectivity index (χ0n) is 15.6. The van der Waals surface area contributed by atoms with Crippen LogP contribution < -0.4 is 4.90 Å². The molecule has 0 bridgehead atoms. The molecule has 0 saturated carbocycles. The maximum Gasteiger partial charge on any atom is 0.151 e. The number of piperidine rings is 1. The third kappa shape index (κ3) is 4.02. The molecule has 6 heteroatoms. The Morgan fingerprint density at radius 1 is 1.04 bits per heavy atom. The second-order valence-electron chi connectivity index (χ2n) is 7.44. The van der Waals surface area contributed by atoms with Crippen molar-refractivity contribution in [3.63, 3.8) is 0 Å². The fraction of sp³-hybridized carbons (Fsp3) is 0.550. The second-order valence-corrected chi connectivity index (χ2v) is 7.44. The van der Waals surface area contributed by atoms with E-state index >= 15 is 0 Å². The van der Waals surface area contributed by atoms with Gasteiger partial charge in [0.2, 0.25) is 0 Å². The fourth-order valence-electron chi connectivity index (χ4n) is 3.94. The van der Waals surface area contributed by atoms with E-state index in [9.17, 15) is 0 Å². The van der Waals surface area contributed by atoms with Crippen LogP contribution in [0.5, 0.6) is 0 Å². The van der Waals surface area contributed by atoms with Crippen molar-refractivity contribution in [1.82, 2.24) is 20.1 Å². The molecule has 26 heavy (non-hydrogen) atoms. The number of ether oxygens (including phenoxy) is 1. The number of likely N-dealkylation sites (tertiary alicyclic amines) is 1. The summed E-state index contributed by atoms with van der Waals surface area (Å²) < 4.78 is 6.22. The lowest BCUT2D eigenvalue weighted by Gasteiger charge is -2.38. The number of aromatic nitrogens is 3. The minimum atomic E-state index is 0.289. The van der Waals surface area contributed by atoms with Gasteiger partial charge in [-0.15, -0.1) is 5.10 Å². The summed E-state index contributed by atoms with van der Waals surface area (Å²) >= 11 is 0. The van der Waals surface area contributed by atoms with E-state index in [-0.39, 0.29) is 6.10 Å². The summed E-state index contributed by atoms with van der Waals surface area (Å²) in [6, 6.07) is 10.4. The standard InChI is InChI=1S/C20H27N5O/c1-15-4-3-5-18(21-15)13-24-9-8-17-12-25(10-11-26-19(17)14-24)20-7-6-16(2)22-23-20/h3-7,17,19H,8-14H2,1-2H3/t17-,19-/m0/s1. The molecular weight excluding hydrogens is 326 g/mol. The number of pyridine rings is 1. The molecule has 0 aliphatic carbocycles. The molecule has 4 rings (SSSR count). The third-order valence-corrected chi connectivity index (χ3v) is 5.37. The number of anilines is 1. The third-order valence-electron chi connectivity index (χ3n) is 5.37. The number of fused-ring (bicyclic) bond motifs is 1. The first-order valence-corrected chi connectivity index (χ1v) is 9.49. The van der Waals surface area contributed by atoms with E-state index in [1.165, 1.54) is 0 Å². The van der Waals surface area contributed by atoms with Crippen LogP contribution in [0.1, 0.15) is 23.5 Å². The van der Waals surface area contributed by atoms with Crippen molar-refractivity contribution in [3.8, 4) is 0 Å². The Bertz CT molecular complexity index is 735. The predicted octanol–water partition coefficient (Wildman–Crippen LogP) is 2.22. The minimum absolute atomic E-state index is 0.289. The van der Waals surface area contributed by atoms with E-state index in [2.05, 4.69) is 43.2 Å². The van der Waals surface area contributed by atoms with Gasteiger partial charge in [-0.3, -0.25) is 9.88 Å². The lowest BCUT2D eigenvalue weighted by Crippen LogP contribution is -2.46. The van der Waals surface area contributed by atoms with Crippen molar-refractivity contribution in [2.75, 3.05) is 37.7 Å². The monoisotopic (exact) mass is 353 g/mol. The van der Waals surface area contributed by atoms with Crippen LogP contribution in [-0.2, 0) is 11.3 Å². The molecular formula is C20H27N5O. The van der Waals surface area contributed by atoms with Crippen molar-refractivity contribution in [3.05, 3.63) is 47.4 Å². The molecule has 0 spiro atoms. The summed E-state index contributed by atoms with van der Waals surface area (Å²) in [5.74, 6) is 1.51. The van der Waals surface area contributed by atoms with E-state index < -0.39 is 0 Å². The molecule has 2 aliphatic rings.